The van der Waals surface area contributed by atoms with Crippen molar-refractivity contribution in [3.8, 4) is 0 Å². The summed E-state index contributed by atoms with van der Waals surface area (Å²) >= 11 is 1.03. The maximum atomic E-state index is 14.0. The van der Waals surface area contributed by atoms with E-state index < -0.39 is 10.0 Å². The number of sulfonamides is 1. The van der Waals surface area contributed by atoms with Crippen LogP contribution in [0.1, 0.15) is 24.0 Å². The van der Waals surface area contributed by atoms with Gasteiger partial charge in [-0.25, -0.2) is 8.42 Å². The standard InChI is InChI=1S/C23H23N3O3S2/c27-31(28,22-12-6-11-21-23(22)25-30-24-21)26-14-18-9-4-5-10-19(18)15-29-16-20(26)13-17-7-2-1-3-8-17/h1-7,9-12,17,20H,8,13-16H2. The molecule has 2 aromatic carbocycles. The van der Waals surface area contributed by atoms with Crippen LogP contribution in [-0.2, 0) is 27.9 Å². The van der Waals surface area contributed by atoms with Gasteiger partial charge in [-0.2, -0.15) is 13.1 Å². The van der Waals surface area contributed by atoms with Crippen molar-refractivity contribution in [2.24, 2.45) is 5.92 Å². The Morgan fingerprint density at radius 2 is 1.94 bits per heavy atom. The molecule has 1 aliphatic heterocycles. The second-order valence-electron chi connectivity index (χ2n) is 7.92. The molecule has 6 nitrogen and oxygen atoms in total. The second-order valence-corrected chi connectivity index (χ2v) is 10.3. The molecule has 8 heteroatoms. The first-order valence-electron chi connectivity index (χ1n) is 10.3. The summed E-state index contributed by atoms with van der Waals surface area (Å²) in [6.45, 7) is 1.16. The van der Waals surface area contributed by atoms with Crippen molar-refractivity contribution in [2.75, 3.05) is 6.61 Å². The van der Waals surface area contributed by atoms with E-state index in [1.54, 1.807) is 22.5 Å². The minimum Gasteiger partial charge on any atom is -0.375 e. The number of ether oxygens (including phenoxy) is 1. The molecule has 160 valence electrons. The predicted molar refractivity (Wildman–Crippen MR) is 121 cm³/mol. The zero-order valence-corrected chi connectivity index (χ0v) is 18.6. The molecule has 5 rings (SSSR count). The molecule has 0 fully saturated rings. The van der Waals surface area contributed by atoms with Crippen molar-refractivity contribution in [2.45, 2.75) is 36.9 Å². The third-order valence-electron chi connectivity index (χ3n) is 5.90. The Morgan fingerprint density at radius 1 is 1.06 bits per heavy atom. The SMILES string of the molecule is O=S(=O)(c1cccc2nsnc12)N1Cc2ccccc2COCC1CC1C=CC=CC1. The largest absolute Gasteiger partial charge is 0.375 e. The molecular weight excluding hydrogens is 430 g/mol. The van der Waals surface area contributed by atoms with E-state index >= 15 is 0 Å². The molecule has 0 spiro atoms. The molecule has 0 N–H and O–H groups in total. The van der Waals surface area contributed by atoms with Crippen molar-refractivity contribution in [1.29, 1.82) is 0 Å². The van der Waals surface area contributed by atoms with E-state index in [1.165, 1.54) is 0 Å². The molecule has 2 unspecified atom stereocenters. The second kappa shape index (κ2) is 8.63. The topological polar surface area (TPSA) is 72.4 Å². The van der Waals surface area contributed by atoms with Crippen molar-refractivity contribution in [3.05, 3.63) is 77.9 Å². The summed E-state index contributed by atoms with van der Waals surface area (Å²) < 4.78 is 44.1. The number of nitrogens with zero attached hydrogens (tertiary/aromatic N) is 3. The van der Waals surface area contributed by atoms with E-state index in [1.807, 2.05) is 36.4 Å². The average Bonchev–Trinajstić information content (AvgIpc) is 3.25. The van der Waals surface area contributed by atoms with Gasteiger partial charge in [0.05, 0.1) is 24.9 Å². The highest BCUT2D eigenvalue weighted by molar-refractivity contribution is 7.89. The number of hydrogen-bond acceptors (Lipinski definition) is 6. The van der Waals surface area contributed by atoms with Gasteiger partial charge < -0.3 is 4.74 Å². The van der Waals surface area contributed by atoms with E-state index in [0.717, 1.165) is 29.3 Å². The van der Waals surface area contributed by atoms with Crippen LogP contribution in [0.25, 0.3) is 11.0 Å². The highest BCUT2D eigenvalue weighted by Gasteiger charge is 2.36. The Balaban J connectivity index is 1.58. The molecule has 0 saturated carbocycles. The van der Waals surface area contributed by atoms with E-state index in [4.69, 9.17) is 4.74 Å². The molecule has 3 aromatic rings. The van der Waals surface area contributed by atoms with Gasteiger partial charge in [0.2, 0.25) is 10.0 Å². The molecule has 0 bridgehead atoms. The smallest absolute Gasteiger partial charge is 0.245 e. The van der Waals surface area contributed by atoms with Crippen LogP contribution in [0, 0.1) is 5.92 Å². The van der Waals surface area contributed by atoms with Gasteiger partial charge in [-0.15, -0.1) is 0 Å². The van der Waals surface area contributed by atoms with Gasteiger partial charge in [0.15, 0.2) is 0 Å². The molecular formula is C23H23N3O3S2. The van der Waals surface area contributed by atoms with Gasteiger partial charge in [0.25, 0.3) is 0 Å². The molecule has 2 aliphatic rings. The Morgan fingerprint density at radius 3 is 2.77 bits per heavy atom. The monoisotopic (exact) mass is 453 g/mol. The molecule has 1 aliphatic carbocycles. The van der Waals surface area contributed by atoms with Crippen molar-refractivity contribution in [3.63, 3.8) is 0 Å². The van der Waals surface area contributed by atoms with E-state index in [-0.39, 0.29) is 16.9 Å². The third kappa shape index (κ3) is 4.08. The number of aromatic nitrogens is 2. The zero-order chi connectivity index (χ0) is 21.3. The predicted octanol–water partition coefficient (Wildman–Crippen LogP) is 4.30. The Labute approximate surface area is 186 Å². The Kier molecular flexibility index (Phi) is 5.71. The van der Waals surface area contributed by atoms with E-state index in [0.29, 0.717) is 37.2 Å². The number of rotatable bonds is 4. The fourth-order valence-electron chi connectivity index (χ4n) is 4.28. The van der Waals surface area contributed by atoms with Crippen molar-refractivity contribution >= 4 is 32.8 Å². The van der Waals surface area contributed by atoms with Gasteiger partial charge in [-0.3, -0.25) is 0 Å². The minimum absolute atomic E-state index is 0.209. The van der Waals surface area contributed by atoms with Gasteiger partial charge in [0.1, 0.15) is 15.9 Å². The number of benzene rings is 2. The fraction of sp³-hybridized carbons (Fsp3) is 0.304. The van der Waals surface area contributed by atoms with Gasteiger partial charge in [0, 0.05) is 12.6 Å². The van der Waals surface area contributed by atoms with Crippen LogP contribution in [0.15, 0.2) is 71.7 Å². The first-order chi connectivity index (χ1) is 15.1. The lowest BCUT2D eigenvalue weighted by Gasteiger charge is -2.35. The molecule has 2 atom stereocenters. The molecule has 2 heterocycles. The summed E-state index contributed by atoms with van der Waals surface area (Å²) in [5.74, 6) is 0.280. The lowest BCUT2D eigenvalue weighted by molar-refractivity contribution is 0.0605. The quantitative estimate of drug-likeness (QED) is 0.589. The molecule has 0 amide bonds. The van der Waals surface area contributed by atoms with Crippen LogP contribution in [0.3, 0.4) is 0 Å². The van der Waals surface area contributed by atoms with Crippen LogP contribution in [-0.4, -0.2) is 34.1 Å². The normalized spacial score (nSPS) is 22.2. The summed E-state index contributed by atoms with van der Waals surface area (Å²) in [5, 5.41) is 0. The van der Waals surface area contributed by atoms with Gasteiger partial charge >= 0.3 is 0 Å². The Hall–Kier alpha value is -2.39. The van der Waals surface area contributed by atoms with Crippen LogP contribution in [0.4, 0.5) is 0 Å². The maximum Gasteiger partial charge on any atom is 0.245 e. The highest BCUT2D eigenvalue weighted by atomic mass is 32.2. The highest BCUT2D eigenvalue weighted by Crippen LogP contribution is 2.32. The number of allylic oxidation sites excluding steroid dienone is 4. The summed E-state index contributed by atoms with van der Waals surface area (Å²) in [6, 6.07) is 12.8. The van der Waals surface area contributed by atoms with Crippen LogP contribution in [0.2, 0.25) is 0 Å². The summed E-state index contributed by atoms with van der Waals surface area (Å²) in [7, 11) is -3.83. The van der Waals surface area contributed by atoms with Gasteiger partial charge in [-0.05, 0) is 42.0 Å². The molecule has 1 aromatic heterocycles. The summed E-state index contributed by atoms with van der Waals surface area (Å²) in [6.07, 6.45) is 9.96. The van der Waals surface area contributed by atoms with Crippen LogP contribution < -0.4 is 0 Å². The molecule has 0 saturated heterocycles. The third-order valence-corrected chi connectivity index (χ3v) is 8.37. The summed E-state index contributed by atoms with van der Waals surface area (Å²) in [5.41, 5.74) is 3.03. The fourth-order valence-corrected chi connectivity index (χ4v) is 6.63. The average molecular weight is 454 g/mol. The number of hydrogen-bond donors (Lipinski definition) is 0. The van der Waals surface area contributed by atoms with Crippen molar-refractivity contribution in [1.82, 2.24) is 13.1 Å². The summed E-state index contributed by atoms with van der Waals surface area (Å²) in [4.78, 5) is 0.209. The first-order valence-corrected chi connectivity index (χ1v) is 12.5. The van der Waals surface area contributed by atoms with E-state index in [9.17, 15) is 8.42 Å². The Bertz CT molecular complexity index is 1250. The van der Waals surface area contributed by atoms with Gasteiger partial charge in [-0.1, -0.05) is 54.6 Å². The lowest BCUT2D eigenvalue weighted by Crippen LogP contribution is -2.44. The first kappa shape index (κ1) is 20.5. The minimum atomic E-state index is -3.83. The molecule has 0 radical (unpaired) electrons. The van der Waals surface area contributed by atoms with Crippen LogP contribution >= 0.6 is 11.7 Å². The molecule has 31 heavy (non-hydrogen) atoms. The zero-order valence-electron chi connectivity index (χ0n) is 16.9. The van der Waals surface area contributed by atoms with E-state index in [2.05, 4.69) is 20.9 Å². The van der Waals surface area contributed by atoms with Crippen LogP contribution in [0.5, 0.6) is 0 Å². The van der Waals surface area contributed by atoms with Crippen molar-refractivity contribution < 1.29 is 13.2 Å². The maximum absolute atomic E-state index is 14.0. The lowest BCUT2D eigenvalue weighted by atomic mass is 9.93. The number of fused-ring (bicyclic) bond motifs is 2.